The number of rotatable bonds is 5. The lowest BCUT2D eigenvalue weighted by atomic mass is 9.97. The van der Waals surface area contributed by atoms with E-state index in [9.17, 15) is 4.79 Å². The summed E-state index contributed by atoms with van der Waals surface area (Å²) >= 11 is 1.76. The number of piperidine rings is 1. The van der Waals surface area contributed by atoms with Gasteiger partial charge in [-0.05, 0) is 62.6 Å². The molecule has 2 fully saturated rings. The van der Waals surface area contributed by atoms with Gasteiger partial charge in [-0.1, -0.05) is 6.07 Å². The predicted molar refractivity (Wildman–Crippen MR) is 87.6 cm³/mol. The minimum atomic E-state index is 0.356. The molecule has 0 radical (unpaired) electrons. The zero-order valence-corrected chi connectivity index (χ0v) is 13.6. The van der Waals surface area contributed by atoms with Gasteiger partial charge < -0.3 is 9.80 Å². The zero-order valence-electron chi connectivity index (χ0n) is 12.8. The summed E-state index contributed by atoms with van der Waals surface area (Å²) in [6.45, 7) is 5.69. The van der Waals surface area contributed by atoms with E-state index in [1.54, 1.807) is 11.3 Å². The van der Waals surface area contributed by atoms with Gasteiger partial charge >= 0.3 is 0 Å². The third-order valence-corrected chi connectivity index (χ3v) is 5.69. The van der Waals surface area contributed by atoms with Crippen LogP contribution in [0.15, 0.2) is 17.5 Å². The summed E-state index contributed by atoms with van der Waals surface area (Å²) in [7, 11) is 0. The highest BCUT2D eigenvalue weighted by atomic mass is 32.1. The van der Waals surface area contributed by atoms with Crippen LogP contribution in [0.25, 0.3) is 0 Å². The number of carbonyl (C=O) groups is 1. The molecule has 0 bridgehead atoms. The largest absolute Gasteiger partial charge is 0.342 e. The van der Waals surface area contributed by atoms with Gasteiger partial charge in [0.25, 0.3) is 0 Å². The standard InChI is InChI=1S/C17H26N2OS/c20-17(8-7-16-6-4-12-21-16)19-11-3-5-15(14-19)13-18-9-1-2-10-18/h4,6,12,15H,1-3,5,7-11,13-14H2/t15-/m0/s1. The molecule has 2 aliphatic heterocycles. The Labute approximate surface area is 131 Å². The van der Waals surface area contributed by atoms with Gasteiger partial charge in [0.1, 0.15) is 0 Å². The molecule has 4 heteroatoms. The second-order valence-corrected chi connectivity index (χ2v) is 7.47. The number of hydrogen-bond acceptors (Lipinski definition) is 3. The van der Waals surface area contributed by atoms with Crippen molar-refractivity contribution in [1.29, 1.82) is 0 Å². The highest BCUT2D eigenvalue weighted by molar-refractivity contribution is 7.09. The molecule has 0 unspecified atom stereocenters. The molecule has 0 N–H and O–H groups in total. The lowest BCUT2D eigenvalue weighted by molar-refractivity contribution is -0.133. The molecule has 1 atom stereocenters. The predicted octanol–water partition coefficient (Wildman–Crippen LogP) is 3.02. The summed E-state index contributed by atoms with van der Waals surface area (Å²) in [6.07, 6.45) is 6.78. The average Bonchev–Trinajstić information content (AvgIpc) is 3.18. The monoisotopic (exact) mass is 306 g/mol. The third-order valence-electron chi connectivity index (χ3n) is 4.75. The van der Waals surface area contributed by atoms with E-state index in [-0.39, 0.29) is 0 Å². The van der Waals surface area contributed by atoms with Crippen molar-refractivity contribution in [2.24, 2.45) is 5.92 Å². The smallest absolute Gasteiger partial charge is 0.222 e. The van der Waals surface area contributed by atoms with Crippen molar-refractivity contribution in [2.45, 2.75) is 38.5 Å². The van der Waals surface area contributed by atoms with Crippen molar-refractivity contribution in [3.05, 3.63) is 22.4 Å². The van der Waals surface area contributed by atoms with Crippen LogP contribution in [-0.4, -0.2) is 48.4 Å². The quantitative estimate of drug-likeness (QED) is 0.835. The maximum absolute atomic E-state index is 12.4. The Balaban J connectivity index is 1.44. The highest BCUT2D eigenvalue weighted by Crippen LogP contribution is 2.21. The third kappa shape index (κ3) is 4.30. The topological polar surface area (TPSA) is 23.6 Å². The lowest BCUT2D eigenvalue weighted by Gasteiger charge is -2.34. The van der Waals surface area contributed by atoms with Gasteiger partial charge in [0.2, 0.25) is 5.91 Å². The van der Waals surface area contributed by atoms with E-state index in [0.717, 1.165) is 19.5 Å². The summed E-state index contributed by atoms with van der Waals surface area (Å²) in [5.41, 5.74) is 0. The minimum absolute atomic E-state index is 0.356. The number of hydrogen-bond donors (Lipinski definition) is 0. The van der Waals surface area contributed by atoms with E-state index < -0.39 is 0 Å². The van der Waals surface area contributed by atoms with Crippen LogP contribution in [0.4, 0.5) is 0 Å². The summed E-state index contributed by atoms with van der Waals surface area (Å²) in [5, 5.41) is 2.09. The average molecular weight is 306 g/mol. The molecule has 2 saturated heterocycles. The lowest BCUT2D eigenvalue weighted by Crippen LogP contribution is -2.43. The Kier molecular flexibility index (Phi) is 5.31. The molecular formula is C17H26N2OS. The van der Waals surface area contributed by atoms with Crippen LogP contribution in [-0.2, 0) is 11.2 Å². The molecule has 1 aromatic rings. The Morgan fingerprint density at radius 3 is 2.86 bits per heavy atom. The molecule has 0 aromatic carbocycles. The van der Waals surface area contributed by atoms with Crippen LogP contribution in [0.5, 0.6) is 0 Å². The van der Waals surface area contributed by atoms with E-state index in [0.29, 0.717) is 18.2 Å². The molecule has 1 amide bonds. The van der Waals surface area contributed by atoms with E-state index in [4.69, 9.17) is 0 Å². The van der Waals surface area contributed by atoms with Gasteiger partial charge in [-0.3, -0.25) is 4.79 Å². The first-order chi connectivity index (χ1) is 10.3. The van der Waals surface area contributed by atoms with Gasteiger partial charge in [0.05, 0.1) is 0 Å². The van der Waals surface area contributed by atoms with E-state index in [2.05, 4.69) is 27.3 Å². The number of carbonyl (C=O) groups excluding carboxylic acids is 1. The van der Waals surface area contributed by atoms with Crippen LogP contribution in [0.1, 0.15) is 37.0 Å². The second-order valence-electron chi connectivity index (χ2n) is 6.44. The van der Waals surface area contributed by atoms with Crippen molar-refractivity contribution in [1.82, 2.24) is 9.80 Å². The van der Waals surface area contributed by atoms with E-state index >= 15 is 0 Å². The second kappa shape index (κ2) is 7.41. The highest BCUT2D eigenvalue weighted by Gasteiger charge is 2.25. The first-order valence-electron chi connectivity index (χ1n) is 8.34. The zero-order chi connectivity index (χ0) is 14.5. The molecule has 3 heterocycles. The van der Waals surface area contributed by atoms with Crippen molar-refractivity contribution in [3.63, 3.8) is 0 Å². The van der Waals surface area contributed by atoms with Crippen molar-refractivity contribution >= 4 is 17.2 Å². The van der Waals surface area contributed by atoms with Gasteiger partial charge in [-0.25, -0.2) is 0 Å². The van der Waals surface area contributed by atoms with Gasteiger partial charge in [0, 0.05) is 30.9 Å². The molecule has 116 valence electrons. The van der Waals surface area contributed by atoms with Crippen LogP contribution >= 0.6 is 11.3 Å². The molecule has 21 heavy (non-hydrogen) atoms. The van der Waals surface area contributed by atoms with Gasteiger partial charge in [0.15, 0.2) is 0 Å². The first-order valence-corrected chi connectivity index (χ1v) is 9.22. The van der Waals surface area contributed by atoms with E-state index in [1.807, 2.05) is 0 Å². The SMILES string of the molecule is O=C(CCc1cccs1)N1CCC[C@@H](CN2CCCC2)C1. The molecule has 3 rings (SSSR count). The molecule has 1 aromatic heterocycles. The molecule has 0 saturated carbocycles. The van der Waals surface area contributed by atoms with Crippen molar-refractivity contribution < 1.29 is 4.79 Å². The molecule has 0 spiro atoms. The number of thiophene rings is 1. The maximum Gasteiger partial charge on any atom is 0.222 e. The number of likely N-dealkylation sites (tertiary alicyclic amines) is 2. The van der Waals surface area contributed by atoms with E-state index in [1.165, 1.54) is 50.2 Å². The minimum Gasteiger partial charge on any atom is -0.342 e. The van der Waals surface area contributed by atoms with Crippen molar-refractivity contribution in [3.8, 4) is 0 Å². The Hall–Kier alpha value is -0.870. The van der Waals surface area contributed by atoms with Gasteiger partial charge in [-0.2, -0.15) is 0 Å². The van der Waals surface area contributed by atoms with Crippen LogP contribution in [0.3, 0.4) is 0 Å². The maximum atomic E-state index is 12.4. The van der Waals surface area contributed by atoms with Crippen molar-refractivity contribution in [2.75, 3.05) is 32.7 Å². The van der Waals surface area contributed by atoms with Crippen LogP contribution < -0.4 is 0 Å². The summed E-state index contributed by atoms with van der Waals surface area (Å²) in [6, 6.07) is 4.20. The molecule has 3 nitrogen and oxygen atoms in total. The summed E-state index contributed by atoms with van der Waals surface area (Å²) in [5.74, 6) is 1.05. The fraction of sp³-hybridized carbons (Fsp3) is 0.706. The van der Waals surface area contributed by atoms with Crippen LogP contribution in [0.2, 0.25) is 0 Å². The Morgan fingerprint density at radius 2 is 2.10 bits per heavy atom. The summed E-state index contributed by atoms with van der Waals surface area (Å²) < 4.78 is 0. The number of amides is 1. The van der Waals surface area contributed by atoms with Gasteiger partial charge in [-0.15, -0.1) is 11.3 Å². The molecule has 0 aliphatic carbocycles. The Morgan fingerprint density at radius 1 is 1.24 bits per heavy atom. The fourth-order valence-electron chi connectivity index (χ4n) is 3.61. The van der Waals surface area contributed by atoms with Crippen LogP contribution in [0, 0.1) is 5.92 Å². The number of aryl methyl sites for hydroxylation is 1. The Bertz CT molecular complexity index is 440. The summed E-state index contributed by atoms with van der Waals surface area (Å²) in [4.78, 5) is 18.4. The normalized spacial score (nSPS) is 23.6. The molecular weight excluding hydrogens is 280 g/mol. The fourth-order valence-corrected chi connectivity index (χ4v) is 4.32. The number of nitrogens with zero attached hydrogens (tertiary/aromatic N) is 2. The molecule has 2 aliphatic rings. The first kappa shape index (κ1) is 15.0.